The van der Waals surface area contributed by atoms with E-state index in [1.807, 2.05) is 24.3 Å². The summed E-state index contributed by atoms with van der Waals surface area (Å²) in [6.45, 7) is 2.82. The largest absolute Gasteiger partial charge is 0.493 e. The van der Waals surface area contributed by atoms with Gasteiger partial charge in [-0.25, -0.2) is 0 Å². The summed E-state index contributed by atoms with van der Waals surface area (Å²) in [7, 11) is 0. The molecule has 174 valence electrons. The Morgan fingerprint density at radius 1 is 1.06 bits per heavy atom. The molecule has 1 aliphatic carbocycles. The van der Waals surface area contributed by atoms with Crippen molar-refractivity contribution in [1.82, 2.24) is 4.90 Å². The van der Waals surface area contributed by atoms with E-state index < -0.39 is 17.8 Å². The third kappa shape index (κ3) is 5.24. The first kappa shape index (κ1) is 23.4. The van der Waals surface area contributed by atoms with Crippen molar-refractivity contribution < 1.29 is 23.0 Å². The van der Waals surface area contributed by atoms with E-state index in [2.05, 4.69) is 4.90 Å². The number of nitrogens with zero attached hydrogens (tertiary/aromatic N) is 1. The predicted octanol–water partition coefficient (Wildman–Crippen LogP) is 5.93. The lowest BCUT2D eigenvalue weighted by Gasteiger charge is -2.48. The third-order valence-electron chi connectivity index (χ3n) is 7.00. The van der Waals surface area contributed by atoms with Crippen molar-refractivity contribution in [3.8, 4) is 5.75 Å². The van der Waals surface area contributed by atoms with Crippen LogP contribution in [0.1, 0.15) is 43.2 Å². The van der Waals surface area contributed by atoms with Gasteiger partial charge in [0.25, 0.3) is 0 Å². The first-order chi connectivity index (χ1) is 15.3. The van der Waals surface area contributed by atoms with Crippen molar-refractivity contribution in [2.75, 3.05) is 26.2 Å². The Kier molecular flexibility index (Phi) is 7.03. The zero-order chi connectivity index (χ0) is 22.8. The molecule has 1 N–H and O–H groups in total. The van der Waals surface area contributed by atoms with Gasteiger partial charge in [-0.3, -0.25) is 0 Å². The number of β-amino-alcohol motifs (C(OH)–C–C–N with tert-alkyl or cyclic N) is 1. The average Bonchev–Trinajstić information content (AvgIpc) is 2.73. The molecule has 0 bridgehead atoms. The molecule has 2 fully saturated rings. The number of aliphatic hydroxyl groups is 1. The Balaban J connectivity index is 1.31. The van der Waals surface area contributed by atoms with Crippen LogP contribution in [0.25, 0.3) is 0 Å². The monoisotopic (exact) mass is 467 g/mol. The summed E-state index contributed by atoms with van der Waals surface area (Å²) in [4.78, 5) is 2.30. The minimum Gasteiger partial charge on any atom is -0.493 e. The number of ether oxygens (including phenoxy) is 1. The van der Waals surface area contributed by atoms with Crippen LogP contribution in [0.3, 0.4) is 0 Å². The van der Waals surface area contributed by atoms with Crippen LogP contribution in [0, 0.1) is 5.92 Å². The maximum atomic E-state index is 12.7. The van der Waals surface area contributed by atoms with Crippen LogP contribution in [-0.2, 0) is 11.6 Å². The summed E-state index contributed by atoms with van der Waals surface area (Å²) in [5.41, 5.74) is 0.280. The molecule has 0 aromatic heterocycles. The number of hydrogen-bond donors (Lipinski definition) is 1. The van der Waals surface area contributed by atoms with Gasteiger partial charge in [0, 0.05) is 29.4 Å². The Morgan fingerprint density at radius 3 is 2.34 bits per heavy atom. The number of aliphatic hydroxyl groups excluding tert-OH is 1. The number of alkyl halides is 3. The molecule has 1 aliphatic heterocycles. The fraction of sp³-hybridized carbons (Fsp3) is 0.520. The average molecular weight is 468 g/mol. The molecule has 4 rings (SSSR count). The van der Waals surface area contributed by atoms with E-state index in [-0.39, 0.29) is 11.3 Å². The van der Waals surface area contributed by atoms with Crippen molar-refractivity contribution in [2.24, 2.45) is 5.92 Å². The van der Waals surface area contributed by atoms with Crippen LogP contribution in [0.2, 0.25) is 5.02 Å². The van der Waals surface area contributed by atoms with Gasteiger partial charge in [-0.1, -0.05) is 30.2 Å². The fourth-order valence-electron chi connectivity index (χ4n) is 4.98. The summed E-state index contributed by atoms with van der Waals surface area (Å²) in [6.07, 6.45) is 0.300. The number of piperidine rings is 1. The van der Waals surface area contributed by atoms with Crippen LogP contribution in [-0.4, -0.2) is 42.4 Å². The second-order valence-electron chi connectivity index (χ2n) is 9.13. The van der Waals surface area contributed by atoms with Crippen LogP contribution < -0.4 is 4.74 Å². The molecule has 0 radical (unpaired) electrons. The van der Waals surface area contributed by atoms with E-state index in [0.29, 0.717) is 23.9 Å². The number of rotatable bonds is 7. The lowest BCUT2D eigenvalue weighted by molar-refractivity contribution is -0.137. The number of halogens is 4. The molecule has 0 amide bonds. The Morgan fingerprint density at radius 2 is 1.75 bits per heavy atom. The van der Waals surface area contributed by atoms with Crippen LogP contribution >= 0.6 is 11.6 Å². The van der Waals surface area contributed by atoms with E-state index in [1.165, 1.54) is 12.1 Å². The highest BCUT2D eigenvalue weighted by atomic mass is 35.5. The van der Waals surface area contributed by atoms with Gasteiger partial charge in [0.1, 0.15) is 5.75 Å². The summed E-state index contributed by atoms with van der Waals surface area (Å²) in [6, 6.07) is 12.7. The second kappa shape index (κ2) is 9.62. The highest BCUT2D eigenvalue weighted by Gasteiger charge is 2.45. The molecule has 2 aliphatic rings. The first-order valence-corrected chi connectivity index (χ1v) is 11.6. The van der Waals surface area contributed by atoms with Gasteiger partial charge in [-0.15, -0.1) is 0 Å². The molecule has 0 spiro atoms. The lowest BCUT2D eigenvalue weighted by Crippen LogP contribution is -2.52. The smallest absolute Gasteiger partial charge is 0.416 e. The van der Waals surface area contributed by atoms with Gasteiger partial charge in [0.2, 0.25) is 0 Å². The maximum Gasteiger partial charge on any atom is 0.416 e. The van der Waals surface area contributed by atoms with E-state index in [0.717, 1.165) is 62.9 Å². The van der Waals surface area contributed by atoms with Crippen molar-refractivity contribution in [3.63, 3.8) is 0 Å². The maximum absolute atomic E-state index is 12.7. The summed E-state index contributed by atoms with van der Waals surface area (Å²) in [5.74, 6) is 0.734. The van der Waals surface area contributed by atoms with Crippen molar-refractivity contribution in [3.05, 3.63) is 64.7 Å². The van der Waals surface area contributed by atoms with Crippen LogP contribution in [0.4, 0.5) is 13.2 Å². The van der Waals surface area contributed by atoms with Gasteiger partial charge >= 0.3 is 6.18 Å². The highest BCUT2D eigenvalue weighted by molar-refractivity contribution is 6.30. The van der Waals surface area contributed by atoms with Gasteiger partial charge in [0.05, 0.1) is 18.3 Å². The van der Waals surface area contributed by atoms with Crippen molar-refractivity contribution in [2.45, 2.75) is 49.8 Å². The Labute approximate surface area is 192 Å². The summed E-state index contributed by atoms with van der Waals surface area (Å²) in [5, 5.41) is 11.9. The Bertz CT molecular complexity index is 882. The Hall–Kier alpha value is -1.76. The quantitative estimate of drug-likeness (QED) is 0.547. The molecule has 2 aromatic carbocycles. The standard InChI is InChI=1S/C25H29ClF3NO2/c26-21-8-4-19(5-9-21)24(12-2-13-24)23(31)16-30-14-1-3-18(15-30)17-32-22-10-6-20(7-11-22)25(27,28)29/h4-11,18,23,31H,1-3,12-17H2/t18?,23-/m0/s1. The second-order valence-corrected chi connectivity index (χ2v) is 9.57. The third-order valence-corrected chi connectivity index (χ3v) is 7.26. The van der Waals surface area contributed by atoms with Gasteiger partial charge < -0.3 is 14.7 Å². The SMILES string of the molecule is O[C@@H](CN1CCCC(COc2ccc(C(F)(F)F)cc2)C1)C1(c2ccc(Cl)cc2)CCC1. The predicted molar refractivity (Wildman–Crippen MR) is 119 cm³/mol. The van der Waals surface area contributed by atoms with Crippen molar-refractivity contribution >= 4 is 11.6 Å². The molecule has 1 saturated heterocycles. The zero-order valence-electron chi connectivity index (χ0n) is 18.0. The number of hydrogen-bond acceptors (Lipinski definition) is 3. The highest BCUT2D eigenvalue weighted by Crippen LogP contribution is 2.47. The van der Waals surface area contributed by atoms with E-state index in [9.17, 15) is 18.3 Å². The molecule has 2 aromatic rings. The van der Waals surface area contributed by atoms with Crippen LogP contribution in [0.15, 0.2) is 48.5 Å². The van der Waals surface area contributed by atoms with E-state index >= 15 is 0 Å². The zero-order valence-corrected chi connectivity index (χ0v) is 18.7. The van der Waals surface area contributed by atoms with Gasteiger partial charge in [-0.2, -0.15) is 13.2 Å². The fourth-order valence-corrected chi connectivity index (χ4v) is 5.11. The number of benzene rings is 2. The van der Waals surface area contributed by atoms with Crippen molar-refractivity contribution in [1.29, 1.82) is 0 Å². The topological polar surface area (TPSA) is 32.7 Å². The molecule has 3 nitrogen and oxygen atoms in total. The molecule has 2 atom stereocenters. The van der Waals surface area contributed by atoms with Gasteiger partial charge in [-0.05, 0) is 74.2 Å². The molecular weight excluding hydrogens is 439 g/mol. The molecule has 1 heterocycles. The summed E-state index contributed by atoms with van der Waals surface area (Å²) >= 11 is 6.04. The van der Waals surface area contributed by atoms with E-state index in [4.69, 9.17) is 16.3 Å². The normalized spacial score (nSPS) is 22.2. The number of likely N-dealkylation sites (tertiary alicyclic amines) is 1. The lowest BCUT2D eigenvalue weighted by atomic mass is 9.61. The minimum absolute atomic E-state index is 0.200. The molecule has 7 heteroatoms. The molecule has 1 unspecified atom stereocenters. The summed E-state index contributed by atoms with van der Waals surface area (Å²) < 4.78 is 43.9. The molecule has 1 saturated carbocycles. The van der Waals surface area contributed by atoms with Crippen LogP contribution in [0.5, 0.6) is 5.75 Å². The molecule has 32 heavy (non-hydrogen) atoms. The molecular formula is C25H29ClF3NO2. The van der Waals surface area contributed by atoms with Gasteiger partial charge in [0.15, 0.2) is 0 Å². The minimum atomic E-state index is -4.34. The first-order valence-electron chi connectivity index (χ1n) is 11.2. The van der Waals surface area contributed by atoms with E-state index in [1.54, 1.807) is 0 Å².